The minimum Gasteiger partial charge on any atom is -0.486 e. The van der Waals surface area contributed by atoms with Crippen LogP contribution in [0, 0.1) is 6.92 Å². The van der Waals surface area contributed by atoms with Crippen LogP contribution in [0.4, 0.5) is 5.82 Å². The Morgan fingerprint density at radius 3 is 3.05 bits per heavy atom. The lowest BCUT2D eigenvalue weighted by atomic mass is 10.2. The zero-order chi connectivity index (χ0) is 14.1. The number of aryl methyl sites for hydroxylation is 1. The van der Waals surface area contributed by atoms with Crippen LogP contribution >= 0.6 is 11.3 Å². The van der Waals surface area contributed by atoms with Crippen molar-refractivity contribution in [1.29, 1.82) is 0 Å². The van der Waals surface area contributed by atoms with E-state index in [0.29, 0.717) is 16.6 Å². The van der Waals surface area contributed by atoms with Crippen molar-refractivity contribution in [2.24, 2.45) is 0 Å². The predicted octanol–water partition coefficient (Wildman–Crippen LogP) is 1.62. The molecule has 0 atom stereocenters. The van der Waals surface area contributed by atoms with E-state index in [1.807, 2.05) is 31.2 Å². The van der Waals surface area contributed by atoms with Gasteiger partial charge in [-0.3, -0.25) is 4.79 Å². The summed E-state index contributed by atoms with van der Waals surface area (Å²) in [4.78, 5) is 15.6. The molecular weight excluding hydrogens is 276 g/mol. The summed E-state index contributed by atoms with van der Waals surface area (Å²) in [7, 11) is 0. The normalized spacial score (nSPS) is 10.8. The number of ether oxygens (including phenoxy) is 1. The zero-order valence-corrected chi connectivity index (χ0v) is 11.6. The number of rotatable bonds is 3. The first-order valence-corrected chi connectivity index (χ1v) is 6.78. The Labute approximate surface area is 118 Å². The van der Waals surface area contributed by atoms with Crippen LogP contribution in [0.5, 0.6) is 5.75 Å². The number of nitrogen functional groups attached to an aromatic ring is 1. The fourth-order valence-corrected chi connectivity index (χ4v) is 2.60. The molecule has 0 unspecified atom stereocenters. The molecule has 0 aliphatic rings. The first kappa shape index (κ1) is 12.6. The predicted molar refractivity (Wildman–Crippen MR) is 77.1 cm³/mol. The summed E-state index contributed by atoms with van der Waals surface area (Å²) in [6, 6.07) is 9.01. The Hall–Kier alpha value is -2.41. The highest BCUT2D eigenvalue weighted by Gasteiger charge is 2.08. The number of benzene rings is 1. The molecule has 2 N–H and O–H groups in total. The highest BCUT2D eigenvalue weighted by Crippen LogP contribution is 2.18. The van der Waals surface area contributed by atoms with Crippen LogP contribution in [0.1, 0.15) is 10.6 Å². The second-order valence-corrected chi connectivity index (χ2v) is 5.36. The molecule has 0 spiro atoms. The molecular formula is C13H12N4O2S. The molecule has 2 aromatic heterocycles. The minimum absolute atomic E-state index is 0.276. The number of hydrogen-bond donors (Lipinski definition) is 1. The van der Waals surface area contributed by atoms with E-state index in [2.05, 4.69) is 10.1 Å². The first-order valence-electron chi connectivity index (χ1n) is 5.96. The Bertz CT molecular complexity index is 825. The monoisotopic (exact) mass is 288 g/mol. The van der Waals surface area contributed by atoms with Crippen molar-refractivity contribution in [3.05, 3.63) is 51.3 Å². The maximum Gasteiger partial charge on any atom is 0.276 e. The number of fused-ring (bicyclic) bond motifs is 1. The van der Waals surface area contributed by atoms with Gasteiger partial charge in [0, 0.05) is 6.07 Å². The smallest absolute Gasteiger partial charge is 0.276 e. The summed E-state index contributed by atoms with van der Waals surface area (Å²) in [5.41, 5.74) is 6.49. The van der Waals surface area contributed by atoms with Gasteiger partial charge in [0.1, 0.15) is 18.2 Å². The molecule has 1 aromatic carbocycles. The standard InChI is InChI=1S/C13H12N4O2S/c1-8-3-2-4-9(5-8)19-7-12-16-17-10(14)6-11(18)15-13(17)20-12/h2-6H,7,14H2,1H3. The molecule has 0 radical (unpaired) electrons. The largest absolute Gasteiger partial charge is 0.486 e. The molecule has 0 aliphatic carbocycles. The molecule has 0 fully saturated rings. The molecule has 0 aliphatic heterocycles. The lowest BCUT2D eigenvalue weighted by Gasteiger charge is -2.03. The van der Waals surface area contributed by atoms with Crippen LogP contribution in [0.3, 0.4) is 0 Å². The third-order valence-electron chi connectivity index (χ3n) is 2.68. The number of aromatic nitrogens is 3. The minimum atomic E-state index is -0.364. The van der Waals surface area contributed by atoms with Crippen LogP contribution < -0.4 is 16.0 Å². The highest BCUT2D eigenvalue weighted by molar-refractivity contribution is 7.16. The van der Waals surface area contributed by atoms with Gasteiger partial charge in [-0.25, -0.2) is 0 Å². The topological polar surface area (TPSA) is 82.5 Å². The average Bonchev–Trinajstić information content (AvgIpc) is 2.80. The third kappa shape index (κ3) is 2.48. The molecule has 20 heavy (non-hydrogen) atoms. The average molecular weight is 288 g/mol. The van der Waals surface area contributed by atoms with E-state index in [4.69, 9.17) is 10.5 Å². The first-order chi connectivity index (χ1) is 9.61. The molecule has 0 saturated heterocycles. The summed E-state index contributed by atoms with van der Waals surface area (Å²) in [6.07, 6.45) is 0. The molecule has 3 rings (SSSR count). The van der Waals surface area contributed by atoms with Crippen molar-refractivity contribution in [3.63, 3.8) is 0 Å². The SMILES string of the molecule is Cc1cccc(OCc2nn3c(N)cc(=O)nc3s2)c1. The van der Waals surface area contributed by atoms with E-state index in [9.17, 15) is 4.79 Å². The van der Waals surface area contributed by atoms with Gasteiger partial charge in [-0.15, -0.1) is 0 Å². The Kier molecular flexibility index (Phi) is 3.11. The summed E-state index contributed by atoms with van der Waals surface area (Å²) >= 11 is 1.28. The fraction of sp³-hybridized carbons (Fsp3) is 0.154. The number of nitrogens with zero attached hydrogens (tertiary/aromatic N) is 3. The van der Waals surface area contributed by atoms with E-state index in [-0.39, 0.29) is 11.4 Å². The summed E-state index contributed by atoms with van der Waals surface area (Å²) in [5.74, 6) is 1.05. The van der Waals surface area contributed by atoms with Gasteiger partial charge in [0.25, 0.3) is 5.56 Å². The Morgan fingerprint density at radius 1 is 1.40 bits per heavy atom. The number of hydrogen-bond acceptors (Lipinski definition) is 6. The van der Waals surface area contributed by atoms with Crippen molar-refractivity contribution in [2.45, 2.75) is 13.5 Å². The molecule has 6 nitrogen and oxygen atoms in total. The second kappa shape index (κ2) is 4.93. The lowest BCUT2D eigenvalue weighted by Crippen LogP contribution is -2.10. The van der Waals surface area contributed by atoms with Crippen LogP contribution in [0.15, 0.2) is 35.1 Å². The van der Waals surface area contributed by atoms with Gasteiger partial charge in [-0.1, -0.05) is 23.5 Å². The van der Waals surface area contributed by atoms with Gasteiger partial charge in [-0.2, -0.15) is 14.6 Å². The lowest BCUT2D eigenvalue weighted by molar-refractivity contribution is 0.304. The maximum absolute atomic E-state index is 11.3. The molecule has 0 saturated carbocycles. The van der Waals surface area contributed by atoms with Gasteiger partial charge in [0.15, 0.2) is 5.01 Å². The van der Waals surface area contributed by atoms with Crippen LogP contribution in [0.2, 0.25) is 0 Å². The Morgan fingerprint density at radius 2 is 2.25 bits per heavy atom. The Balaban J connectivity index is 1.85. The maximum atomic E-state index is 11.3. The van der Waals surface area contributed by atoms with Gasteiger partial charge in [0.05, 0.1) is 0 Å². The van der Waals surface area contributed by atoms with Crippen molar-refractivity contribution in [3.8, 4) is 5.75 Å². The van der Waals surface area contributed by atoms with Gasteiger partial charge in [-0.05, 0) is 24.6 Å². The van der Waals surface area contributed by atoms with Crippen LogP contribution in [-0.2, 0) is 6.61 Å². The van der Waals surface area contributed by atoms with E-state index in [1.165, 1.54) is 21.9 Å². The fourth-order valence-electron chi connectivity index (χ4n) is 1.78. The zero-order valence-electron chi connectivity index (χ0n) is 10.7. The molecule has 0 amide bonds. The van der Waals surface area contributed by atoms with Crippen LogP contribution in [0.25, 0.3) is 4.96 Å². The number of anilines is 1. The van der Waals surface area contributed by atoms with Crippen molar-refractivity contribution in [1.82, 2.24) is 14.6 Å². The summed E-state index contributed by atoms with van der Waals surface area (Å²) in [5, 5.41) is 4.98. The van der Waals surface area contributed by atoms with Gasteiger partial charge >= 0.3 is 0 Å². The molecule has 102 valence electrons. The molecule has 0 bridgehead atoms. The molecule has 7 heteroatoms. The third-order valence-corrected chi connectivity index (χ3v) is 3.56. The molecule has 2 heterocycles. The van der Waals surface area contributed by atoms with E-state index >= 15 is 0 Å². The van der Waals surface area contributed by atoms with Crippen molar-refractivity contribution >= 4 is 22.1 Å². The van der Waals surface area contributed by atoms with Crippen LogP contribution in [-0.4, -0.2) is 14.6 Å². The van der Waals surface area contributed by atoms with Crippen molar-refractivity contribution in [2.75, 3.05) is 5.73 Å². The quantitative estimate of drug-likeness (QED) is 0.792. The van der Waals surface area contributed by atoms with E-state index < -0.39 is 0 Å². The van der Waals surface area contributed by atoms with Gasteiger partial charge < -0.3 is 10.5 Å². The van der Waals surface area contributed by atoms with E-state index in [1.54, 1.807) is 0 Å². The van der Waals surface area contributed by atoms with Gasteiger partial charge in [0.2, 0.25) is 4.96 Å². The summed E-state index contributed by atoms with van der Waals surface area (Å²) in [6.45, 7) is 2.31. The second-order valence-electron chi connectivity index (χ2n) is 4.31. The number of nitrogens with two attached hydrogens (primary N) is 1. The molecule has 3 aromatic rings. The van der Waals surface area contributed by atoms with Crippen molar-refractivity contribution < 1.29 is 4.74 Å². The highest BCUT2D eigenvalue weighted by atomic mass is 32.1. The van der Waals surface area contributed by atoms with E-state index in [0.717, 1.165) is 11.3 Å². The summed E-state index contributed by atoms with van der Waals surface area (Å²) < 4.78 is 7.11.